The van der Waals surface area contributed by atoms with Crippen LogP contribution in [0.2, 0.25) is 0 Å². The number of hydrogen-bond acceptors (Lipinski definition) is 4. The monoisotopic (exact) mass is 421 g/mol. The van der Waals surface area contributed by atoms with Crippen LogP contribution in [0.15, 0.2) is 54.6 Å². The maximum atomic E-state index is 12.7. The Morgan fingerprint density at radius 3 is 2.40 bits per heavy atom. The molecule has 3 aromatic rings. The Bertz CT molecular complexity index is 997. The van der Waals surface area contributed by atoms with Crippen LogP contribution < -0.4 is 10.6 Å². The molecule has 0 saturated heterocycles. The number of aryl methyl sites for hydroxylation is 1. The Kier molecular flexibility index (Phi) is 7.36. The Labute approximate surface area is 181 Å². The first-order valence-electron chi connectivity index (χ1n) is 10.2. The summed E-state index contributed by atoms with van der Waals surface area (Å²) in [7, 11) is 0. The number of nitrogens with zero attached hydrogens (tertiary/aromatic N) is 1. The lowest BCUT2D eigenvalue weighted by Crippen LogP contribution is -2.45. The van der Waals surface area contributed by atoms with E-state index in [9.17, 15) is 9.59 Å². The summed E-state index contributed by atoms with van der Waals surface area (Å²) < 4.78 is 0. The van der Waals surface area contributed by atoms with Gasteiger partial charge in [0.25, 0.3) is 0 Å². The topological polar surface area (TPSA) is 71.1 Å². The number of rotatable bonds is 8. The van der Waals surface area contributed by atoms with Crippen molar-refractivity contribution in [2.45, 2.75) is 39.7 Å². The van der Waals surface area contributed by atoms with E-state index in [0.29, 0.717) is 6.54 Å². The highest BCUT2D eigenvalue weighted by Crippen LogP contribution is 2.35. The van der Waals surface area contributed by atoms with Crippen LogP contribution in [0.1, 0.15) is 31.5 Å². The summed E-state index contributed by atoms with van der Waals surface area (Å²) in [6, 6.07) is 17.6. The van der Waals surface area contributed by atoms with Gasteiger partial charge in [-0.3, -0.25) is 9.59 Å². The van der Waals surface area contributed by atoms with Gasteiger partial charge in [0.05, 0.1) is 17.0 Å². The molecule has 2 amide bonds. The molecule has 2 N–H and O–H groups in total. The zero-order valence-corrected chi connectivity index (χ0v) is 18.4. The average molecular weight is 422 g/mol. The zero-order valence-electron chi connectivity index (χ0n) is 17.6. The van der Waals surface area contributed by atoms with Crippen molar-refractivity contribution in [3.63, 3.8) is 0 Å². The van der Waals surface area contributed by atoms with Crippen LogP contribution in [0, 0.1) is 6.92 Å². The van der Waals surface area contributed by atoms with Crippen molar-refractivity contribution >= 4 is 23.2 Å². The minimum absolute atomic E-state index is 0.123. The summed E-state index contributed by atoms with van der Waals surface area (Å²) >= 11 is 1.58. The van der Waals surface area contributed by atoms with Crippen LogP contribution in [0.25, 0.3) is 21.0 Å². The molecule has 156 valence electrons. The van der Waals surface area contributed by atoms with E-state index in [-0.39, 0.29) is 18.2 Å². The van der Waals surface area contributed by atoms with Crippen molar-refractivity contribution in [1.29, 1.82) is 0 Å². The molecule has 30 heavy (non-hydrogen) atoms. The summed E-state index contributed by atoms with van der Waals surface area (Å²) in [5.74, 6) is -0.389. The lowest BCUT2D eigenvalue weighted by atomic mass is 10.1. The van der Waals surface area contributed by atoms with E-state index in [1.54, 1.807) is 18.3 Å². The fourth-order valence-electron chi connectivity index (χ4n) is 3.02. The van der Waals surface area contributed by atoms with E-state index in [4.69, 9.17) is 4.98 Å². The summed E-state index contributed by atoms with van der Waals surface area (Å²) in [6.07, 6.45) is 0.978. The molecule has 0 radical (unpaired) electrons. The van der Waals surface area contributed by atoms with Gasteiger partial charge in [-0.05, 0) is 25.8 Å². The van der Waals surface area contributed by atoms with E-state index in [1.165, 1.54) is 5.56 Å². The average Bonchev–Trinajstić information content (AvgIpc) is 3.16. The number of carbonyl (C=O) groups is 2. The quantitative estimate of drug-likeness (QED) is 0.568. The fraction of sp³-hybridized carbons (Fsp3) is 0.292. The molecule has 0 aliphatic carbocycles. The van der Waals surface area contributed by atoms with Crippen molar-refractivity contribution in [2.24, 2.45) is 0 Å². The van der Waals surface area contributed by atoms with Crippen LogP contribution in [-0.2, 0) is 16.0 Å². The van der Waals surface area contributed by atoms with Crippen molar-refractivity contribution < 1.29 is 9.59 Å². The fourth-order valence-corrected chi connectivity index (χ4v) is 4.11. The number of hydrogen-bond donors (Lipinski definition) is 2. The van der Waals surface area contributed by atoms with Gasteiger partial charge < -0.3 is 10.6 Å². The summed E-state index contributed by atoms with van der Waals surface area (Å²) in [4.78, 5) is 30.5. The van der Waals surface area contributed by atoms with Crippen molar-refractivity contribution in [2.75, 3.05) is 6.54 Å². The first-order valence-corrected chi connectivity index (χ1v) is 11.0. The molecule has 0 fully saturated rings. The predicted octanol–water partition coefficient (Wildman–Crippen LogP) is 4.36. The van der Waals surface area contributed by atoms with Crippen molar-refractivity contribution in [1.82, 2.24) is 15.6 Å². The van der Waals surface area contributed by atoms with Gasteiger partial charge in [0.1, 0.15) is 11.0 Å². The second kappa shape index (κ2) is 10.2. The lowest BCUT2D eigenvalue weighted by molar-refractivity contribution is -0.128. The zero-order chi connectivity index (χ0) is 21.5. The lowest BCUT2D eigenvalue weighted by Gasteiger charge is -2.13. The Hall–Kier alpha value is -2.99. The Morgan fingerprint density at radius 1 is 1.03 bits per heavy atom. The van der Waals surface area contributed by atoms with Gasteiger partial charge in [-0.25, -0.2) is 4.98 Å². The molecular weight excluding hydrogens is 394 g/mol. The van der Waals surface area contributed by atoms with Gasteiger partial charge in [-0.2, -0.15) is 0 Å². The molecule has 2 aromatic carbocycles. The molecule has 0 aliphatic rings. The number of carbonyl (C=O) groups excluding carboxylic acids is 2. The number of nitrogens with one attached hydrogen (secondary N) is 2. The molecule has 3 rings (SSSR count). The summed E-state index contributed by atoms with van der Waals surface area (Å²) in [5.41, 5.74) is 3.96. The highest BCUT2D eigenvalue weighted by Gasteiger charge is 2.20. The molecule has 5 nitrogen and oxygen atoms in total. The number of amides is 2. The van der Waals surface area contributed by atoms with E-state index in [2.05, 4.69) is 34.9 Å². The third-order valence-corrected chi connectivity index (χ3v) is 5.88. The molecule has 0 unspecified atom stereocenters. The molecule has 6 heteroatoms. The molecule has 0 spiro atoms. The first-order chi connectivity index (χ1) is 14.5. The van der Waals surface area contributed by atoms with Crippen molar-refractivity contribution in [3.8, 4) is 21.0 Å². The minimum Gasteiger partial charge on any atom is -0.354 e. The van der Waals surface area contributed by atoms with Crippen LogP contribution in [0.3, 0.4) is 0 Å². The molecule has 1 aromatic heterocycles. The molecule has 0 aliphatic heterocycles. The number of benzene rings is 2. The predicted molar refractivity (Wildman–Crippen MR) is 122 cm³/mol. The van der Waals surface area contributed by atoms with Crippen molar-refractivity contribution in [3.05, 3.63) is 65.9 Å². The van der Waals surface area contributed by atoms with Crippen LogP contribution >= 0.6 is 11.3 Å². The van der Waals surface area contributed by atoms with Crippen LogP contribution in [0.4, 0.5) is 0 Å². The third-order valence-electron chi connectivity index (χ3n) is 4.68. The van der Waals surface area contributed by atoms with Gasteiger partial charge in [0.2, 0.25) is 11.8 Å². The first kappa shape index (κ1) is 21.7. The molecule has 1 atom stereocenters. The normalized spacial score (nSPS) is 11.7. The molecule has 0 bridgehead atoms. The van der Waals surface area contributed by atoms with E-state index in [0.717, 1.165) is 33.1 Å². The van der Waals surface area contributed by atoms with Gasteiger partial charge in [0, 0.05) is 12.1 Å². The third kappa shape index (κ3) is 5.54. The van der Waals surface area contributed by atoms with Crippen LogP contribution in [0.5, 0.6) is 0 Å². The summed E-state index contributed by atoms with van der Waals surface area (Å²) in [6.45, 7) is 6.33. The molecule has 1 heterocycles. The highest BCUT2D eigenvalue weighted by atomic mass is 32.1. The largest absolute Gasteiger partial charge is 0.354 e. The van der Waals surface area contributed by atoms with E-state index < -0.39 is 6.04 Å². The second-order valence-corrected chi connectivity index (χ2v) is 8.28. The Balaban J connectivity index is 1.83. The second-order valence-electron chi connectivity index (χ2n) is 7.28. The molecule has 0 saturated carbocycles. The van der Waals surface area contributed by atoms with Gasteiger partial charge in [-0.15, -0.1) is 11.3 Å². The van der Waals surface area contributed by atoms with Crippen LogP contribution in [-0.4, -0.2) is 29.4 Å². The molecular formula is C24H27N3O2S. The summed E-state index contributed by atoms with van der Waals surface area (Å²) in [5, 5.41) is 6.47. The maximum Gasteiger partial charge on any atom is 0.242 e. The Morgan fingerprint density at radius 2 is 1.73 bits per heavy atom. The maximum absolute atomic E-state index is 12.7. The minimum atomic E-state index is -0.584. The number of thiazole rings is 1. The van der Waals surface area contributed by atoms with E-state index in [1.807, 2.05) is 44.2 Å². The standard InChI is InChI=1S/C24H27N3O2S/c1-4-14-25-23(29)17(3)26-21(28)15-20-22(18-12-10-16(2)11-13-18)30-24(27-20)19-8-6-5-7-9-19/h5-13,17H,4,14-15H2,1-3H3,(H,25,29)(H,26,28)/t17-/m1/s1. The highest BCUT2D eigenvalue weighted by molar-refractivity contribution is 7.18. The van der Waals surface area contributed by atoms with Gasteiger partial charge in [0.15, 0.2) is 0 Å². The smallest absolute Gasteiger partial charge is 0.242 e. The van der Waals surface area contributed by atoms with Gasteiger partial charge in [-0.1, -0.05) is 67.1 Å². The SMILES string of the molecule is CCCNC(=O)[C@@H](C)NC(=O)Cc1nc(-c2ccccc2)sc1-c1ccc(C)cc1. The number of aromatic nitrogens is 1. The van der Waals surface area contributed by atoms with E-state index >= 15 is 0 Å². The van der Waals surface area contributed by atoms with Gasteiger partial charge >= 0.3 is 0 Å².